The number of ether oxygens (including phenoxy) is 1. The molecule has 0 saturated heterocycles. The first-order valence-corrected chi connectivity index (χ1v) is 6.37. The van der Waals surface area contributed by atoms with E-state index in [1.54, 1.807) is 24.3 Å². The number of halogens is 2. The van der Waals surface area contributed by atoms with Crippen LogP contribution in [0.3, 0.4) is 0 Å². The van der Waals surface area contributed by atoms with Crippen LogP contribution in [0, 0.1) is 18.2 Å². The molecule has 0 saturated carbocycles. The maximum Gasteiger partial charge on any atom is 0.132 e. The highest BCUT2D eigenvalue weighted by molar-refractivity contribution is 6.30. The number of nitrogen functional groups attached to an aromatic ring is 1. The Labute approximate surface area is 121 Å². The number of benzene rings is 2. The first-order valence-electron chi connectivity index (χ1n) is 5.99. The van der Waals surface area contributed by atoms with Gasteiger partial charge in [0, 0.05) is 5.02 Å². The van der Waals surface area contributed by atoms with Crippen LogP contribution in [-0.4, -0.2) is 5.84 Å². The zero-order valence-electron chi connectivity index (χ0n) is 10.9. The van der Waals surface area contributed by atoms with Crippen molar-refractivity contribution in [1.29, 1.82) is 5.41 Å². The first kappa shape index (κ1) is 14.3. The van der Waals surface area contributed by atoms with Gasteiger partial charge in [-0.25, -0.2) is 4.39 Å². The van der Waals surface area contributed by atoms with Gasteiger partial charge < -0.3 is 10.5 Å². The average Bonchev–Trinajstić information content (AvgIpc) is 2.37. The Morgan fingerprint density at radius 2 is 2.05 bits per heavy atom. The van der Waals surface area contributed by atoms with Crippen LogP contribution in [-0.2, 0) is 6.61 Å². The van der Waals surface area contributed by atoms with E-state index in [0.29, 0.717) is 16.3 Å². The molecule has 0 bridgehead atoms. The third-order valence-corrected chi connectivity index (χ3v) is 3.16. The molecule has 0 heterocycles. The number of amidine groups is 1. The second-order valence-electron chi connectivity index (χ2n) is 4.41. The predicted octanol–water partition coefficient (Wildman–Crippen LogP) is 3.65. The van der Waals surface area contributed by atoms with Crippen molar-refractivity contribution < 1.29 is 9.13 Å². The quantitative estimate of drug-likeness (QED) is 0.667. The summed E-state index contributed by atoms with van der Waals surface area (Å²) in [5, 5.41) is 8.01. The van der Waals surface area contributed by atoms with Gasteiger partial charge in [0.1, 0.15) is 24.0 Å². The molecule has 0 aromatic heterocycles. The minimum atomic E-state index is -0.279. The molecule has 0 unspecified atom stereocenters. The molecule has 0 atom stereocenters. The monoisotopic (exact) mass is 292 g/mol. The van der Waals surface area contributed by atoms with E-state index in [2.05, 4.69) is 0 Å². The summed E-state index contributed by atoms with van der Waals surface area (Å²) in [7, 11) is 0. The molecular weight excluding hydrogens is 279 g/mol. The molecule has 0 aliphatic carbocycles. The molecule has 0 amide bonds. The van der Waals surface area contributed by atoms with Crippen molar-refractivity contribution in [3.8, 4) is 5.75 Å². The summed E-state index contributed by atoms with van der Waals surface area (Å²) in [6.45, 7) is 2.07. The van der Waals surface area contributed by atoms with Crippen molar-refractivity contribution in [3.63, 3.8) is 0 Å². The smallest absolute Gasteiger partial charge is 0.132 e. The van der Waals surface area contributed by atoms with Gasteiger partial charge >= 0.3 is 0 Å². The van der Waals surface area contributed by atoms with Gasteiger partial charge in [-0.05, 0) is 48.4 Å². The van der Waals surface area contributed by atoms with Crippen LogP contribution in [0.15, 0.2) is 36.4 Å². The predicted molar refractivity (Wildman–Crippen MR) is 77.9 cm³/mol. The van der Waals surface area contributed by atoms with Crippen molar-refractivity contribution in [2.75, 3.05) is 0 Å². The molecule has 3 N–H and O–H groups in total. The normalized spacial score (nSPS) is 10.3. The molecule has 5 heteroatoms. The summed E-state index contributed by atoms with van der Waals surface area (Å²) in [5.74, 6) is 0.0691. The van der Waals surface area contributed by atoms with E-state index in [0.717, 1.165) is 11.1 Å². The van der Waals surface area contributed by atoms with Crippen molar-refractivity contribution in [1.82, 2.24) is 0 Å². The zero-order valence-corrected chi connectivity index (χ0v) is 11.7. The van der Waals surface area contributed by atoms with Gasteiger partial charge in [-0.2, -0.15) is 0 Å². The lowest BCUT2D eigenvalue weighted by molar-refractivity contribution is 0.304. The second kappa shape index (κ2) is 5.92. The van der Waals surface area contributed by atoms with Gasteiger partial charge in [0.25, 0.3) is 0 Å². The Kier molecular flexibility index (Phi) is 4.25. The summed E-state index contributed by atoms with van der Waals surface area (Å²) >= 11 is 5.91. The highest BCUT2D eigenvalue weighted by atomic mass is 35.5. The minimum Gasteiger partial charge on any atom is -0.488 e. The van der Waals surface area contributed by atoms with E-state index in [4.69, 9.17) is 27.5 Å². The summed E-state index contributed by atoms with van der Waals surface area (Å²) in [6.07, 6.45) is 0. The number of aryl methyl sites for hydroxylation is 1. The number of nitrogens with two attached hydrogens (primary N) is 1. The molecule has 0 aliphatic rings. The van der Waals surface area contributed by atoms with E-state index in [9.17, 15) is 4.39 Å². The summed E-state index contributed by atoms with van der Waals surface area (Å²) in [6, 6.07) is 9.39. The van der Waals surface area contributed by atoms with Gasteiger partial charge in [0.2, 0.25) is 0 Å². The standard InChI is InChI=1S/C15H14ClFN2O/c1-9-6-12(17)4-2-10(9)8-20-14-7-11(16)3-5-13(14)15(18)19/h2-7H,8H2,1H3,(H3,18,19). The number of rotatable bonds is 4. The molecule has 20 heavy (non-hydrogen) atoms. The zero-order chi connectivity index (χ0) is 14.7. The largest absolute Gasteiger partial charge is 0.488 e. The van der Waals surface area contributed by atoms with E-state index >= 15 is 0 Å². The Hall–Kier alpha value is -2.07. The van der Waals surface area contributed by atoms with Crippen molar-refractivity contribution in [3.05, 3.63) is 63.9 Å². The van der Waals surface area contributed by atoms with Gasteiger partial charge in [-0.1, -0.05) is 17.7 Å². The summed E-state index contributed by atoms with van der Waals surface area (Å²) in [4.78, 5) is 0. The lowest BCUT2D eigenvalue weighted by Crippen LogP contribution is -2.13. The topological polar surface area (TPSA) is 59.1 Å². The van der Waals surface area contributed by atoms with E-state index < -0.39 is 0 Å². The number of hydrogen-bond donors (Lipinski definition) is 2. The van der Waals surface area contributed by atoms with Gasteiger partial charge in [-0.3, -0.25) is 5.41 Å². The Bertz CT molecular complexity index is 658. The highest BCUT2D eigenvalue weighted by Gasteiger charge is 2.09. The van der Waals surface area contributed by atoms with Crippen LogP contribution in [0.1, 0.15) is 16.7 Å². The van der Waals surface area contributed by atoms with Crippen LogP contribution < -0.4 is 10.5 Å². The van der Waals surface area contributed by atoms with Gasteiger partial charge in [0.15, 0.2) is 0 Å². The number of nitrogens with one attached hydrogen (secondary N) is 1. The molecule has 0 spiro atoms. The SMILES string of the molecule is Cc1cc(F)ccc1COc1cc(Cl)ccc1C(=N)N. The maximum atomic E-state index is 13.0. The van der Waals surface area contributed by atoms with Gasteiger partial charge in [0.05, 0.1) is 5.56 Å². The van der Waals surface area contributed by atoms with Crippen molar-refractivity contribution in [2.24, 2.45) is 5.73 Å². The van der Waals surface area contributed by atoms with Crippen LogP contribution in [0.25, 0.3) is 0 Å². The lowest BCUT2D eigenvalue weighted by atomic mass is 10.1. The minimum absolute atomic E-state index is 0.0903. The summed E-state index contributed by atoms with van der Waals surface area (Å²) < 4.78 is 18.7. The van der Waals surface area contributed by atoms with E-state index in [-0.39, 0.29) is 18.3 Å². The fourth-order valence-electron chi connectivity index (χ4n) is 1.81. The van der Waals surface area contributed by atoms with E-state index in [1.807, 2.05) is 6.92 Å². The second-order valence-corrected chi connectivity index (χ2v) is 4.85. The molecule has 0 aliphatic heterocycles. The third-order valence-electron chi connectivity index (χ3n) is 2.92. The first-order chi connectivity index (χ1) is 9.47. The third kappa shape index (κ3) is 3.27. The fraction of sp³-hybridized carbons (Fsp3) is 0.133. The lowest BCUT2D eigenvalue weighted by Gasteiger charge is -2.12. The Balaban J connectivity index is 2.22. The Morgan fingerprint density at radius 1 is 1.30 bits per heavy atom. The fourth-order valence-corrected chi connectivity index (χ4v) is 1.98. The summed E-state index contributed by atoms with van der Waals surface area (Å²) in [5.41, 5.74) is 7.64. The molecule has 0 fully saturated rings. The molecule has 2 rings (SSSR count). The molecule has 2 aromatic rings. The van der Waals surface area contributed by atoms with Gasteiger partial charge in [-0.15, -0.1) is 0 Å². The van der Waals surface area contributed by atoms with Crippen molar-refractivity contribution >= 4 is 17.4 Å². The number of hydrogen-bond acceptors (Lipinski definition) is 2. The molecule has 104 valence electrons. The highest BCUT2D eigenvalue weighted by Crippen LogP contribution is 2.24. The van der Waals surface area contributed by atoms with Crippen molar-refractivity contribution in [2.45, 2.75) is 13.5 Å². The van der Waals surface area contributed by atoms with Crippen LogP contribution >= 0.6 is 11.6 Å². The molecule has 2 aromatic carbocycles. The van der Waals surface area contributed by atoms with E-state index in [1.165, 1.54) is 12.1 Å². The molecular formula is C15H14ClFN2O. The maximum absolute atomic E-state index is 13.0. The molecule has 3 nitrogen and oxygen atoms in total. The van der Waals surface area contributed by atoms with Crippen LogP contribution in [0.4, 0.5) is 4.39 Å². The van der Waals surface area contributed by atoms with Crippen LogP contribution in [0.2, 0.25) is 5.02 Å². The Morgan fingerprint density at radius 3 is 2.70 bits per heavy atom. The molecule has 0 radical (unpaired) electrons. The average molecular weight is 293 g/mol. The van der Waals surface area contributed by atoms with Crippen LogP contribution in [0.5, 0.6) is 5.75 Å².